The number of aromatic nitrogens is 1. The van der Waals surface area contributed by atoms with Crippen LogP contribution in [0.4, 0.5) is 5.69 Å². The minimum atomic E-state index is -0.0773. The zero-order valence-electron chi connectivity index (χ0n) is 13.1. The lowest BCUT2D eigenvalue weighted by molar-refractivity contribution is 0.0953. The minimum Gasteiger partial charge on any atom is -0.385 e. The first-order valence-corrected chi connectivity index (χ1v) is 8.23. The zero-order chi connectivity index (χ0) is 16.8. The summed E-state index contributed by atoms with van der Waals surface area (Å²) in [6.07, 6.45) is 0.853. The van der Waals surface area contributed by atoms with E-state index in [4.69, 9.17) is 11.6 Å². The van der Waals surface area contributed by atoms with Gasteiger partial charge >= 0.3 is 0 Å². The average Bonchev–Trinajstić information content (AvgIpc) is 2.61. The molecule has 0 atom stereocenters. The van der Waals surface area contributed by atoms with Gasteiger partial charge in [0.1, 0.15) is 5.15 Å². The van der Waals surface area contributed by atoms with E-state index in [9.17, 15) is 4.79 Å². The predicted molar refractivity (Wildman–Crippen MR) is 98.6 cm³/mol. The van der Waals surface area contributed by atoms with Crippen LogP contribution in [0.25, 0.3) is 10.9 Å². The number of carbonyl (C=O) groups excluding carboxylic acids is 1. The molecule has 1 heterocycles. The standard InChI is InChI=1S/C19H18ClN3O/c20-18-10-8-14-13-15(7-9-17(14)23-18)19(24)22-12-4-11-21-16-5-2-1-3-6-16/h1-3,5-10,13,21H,4,11-12H2,(H,22,24). The van der Waals surface area contributed by atoms with Crippen molar-refractivity contribution in [2.45, 2.75) is 6.42 Å². The third-order valence-corrected chi connectivity index (χ3v) is 3.87. The van der Waals surface area contributed by atoms with Gasteiger partial charge in [0.05, 0.1) is 5.52 Å². The molecule has 0 bridgehead atoms. The first kappa shape index (κ1) is 16.3. The van der Waals surface area contributed by atoms with Crippen LogP contribution < -0.4 is 10.6 Å². The van der Waals surface area contributed by atoms with Gasteiger partial charge in [-0.05, 0) is 48.9 Å². The number of anilines is 1. The molecule has 4 nitrogen and oxygen atoms in total. The molecule has 2 aromatic carbocycles. The molecule has 24 heavy (non-hydrogen) atoms. The summed E-state index contributed by atoms with van der Waals surface area (Å²) in [4.78, 5) is 16.4. The molecule has 0 fully saturated rings. The fraction of sp³-hybridized carbons (Fsp3) is 0.158. The molecule has 1 amide bonds. The van der Waals surface area contributed by atoms with Crippen molar-refractivity contribution in [2.24, 2.45) is 0 Å². The second-order valence-corrected chi connectivity index (χ2v) is 5.83. The highest BCUT2D eigenvalue weighted by Crippen LogP contribution is 2.17. The van der Waals surface area contributed by atoms with E-state index in [1.165, 1.54) is 0 Å². The van der Waals surface area contributed by atoms with E-state index in [2.05, 4.69) is 15.6 Å². The molecular formula is C19H18ClN3O. The molecule has 122 valence electrons. The normalized spacial score (nSPS) is 10.5. The van der Waals surface area contributed by atoms with Crippen LogP contribution in [0.1, 0.15) is 16.8 Å². The summed E-state index contributed by atoms with van der Waals surface area (Å²) in [5, 5.41) is 7.60. The molecule has 0 saturated heterocycles. The Morgan fingerprint density at radius 3 is 2.67 bits per heavy atom. The molecule has 1 aromatic heterocycles. The number of hydrogen-bond acceptors (Lipinski definition) is 3. The Bertz CT molecular complexity index is 836. The summed E-state index contributed by atoms with van der Waals surface area (Å²) >= 11 is 5.87. The highest BCUT2D eigenvalue weighted by molar-refractivity contribution is 6.29. The Kier molecular flexibility index (Phi) is 5.29. The van der Waals surface area contributed by atoms with Gasteiger partial charge in [-0.1, -0.05) is 29.8 Å². The van der Waals surface area contributed by atoms with Crippen molar-refractivity contribution in [1.29, 1.82) is 0 Å². The minimum absolute atomic E-state index is 0.0773. The van der Waals surface area contributed by atoms with Gasteiger partial charge in [0.15, 0.2) is 0 Å². The summed E-state index contributed by atoms with van der Waals surface area (Å²) in [6.45, 7) is 1.43. The highest BCUT2D eigenvalue weighted by Gasteiger charge is 2.06. The molecule has 0 aliphatic carbocycles. The van der Waals surface area contributed by atoms with E-state index in [1.54, 1.807) is 12.1 Å². The number of carbonyl (C=O) groups is 1. The van der Waals surface area contributed by atoms with Crippen molar-refractivity contribution in [2.75, 3.05) is 18.4 Å². The van der Waals surface area contributed by atoms with Gasteiger partial charge in [-0.3, -0.25) is 4.79 Å². The third kappa shape index (κ3) is 4.24. The lowest BCUT2D eigenvalue weighted by Gasteiger charge is -2.08. The predicted octanol–water partition coefficient (Wildman–Crippen LogP) is 4.12. The first-order valence-electron chi connectivity index (χ1n) is 7.86. The molecule has 0 unspecified atom stereocenters. The number of rotatable bonds is 6. The number of nitrogens with one attached hydrogen (secondary N) is 2. The van der Waals surface area contributed by atoms with E-state index in [0.29, 0.717) is 17.3 Å². The van der Waals surface area contributed by atoms with Crippen molar-refractivity contribution < 1.29 is 4.79 Å². The second-order valence-electron chi connectivity index (χ2n) is 5.44. The van der Waals surface area contributed by atoms with Crippen LogP contribution in [0.3, 0.4) is 0 Å². The SMILES string of the molecule is O=C(NCCCNc1ccccc1)c1ccc2nc(Cl)ccc2c1. The number of para-hydroxylation sites is 1. The number of amides is 1. The van der Waals surface area contributed by atoms with E-state index in [-0.39, 0.29) is 5.91 Å². The van der Waals surface area contributed by atoms with Crippen LogP contribution in [0, 0.1) is 0 Å². The van der Waals surface area contributed by atoms with Gasteiger partial charge in [0.2, 0.25) is 0 Å². The van der Waals surface area contributed by atoms with Crippen molar-refractivity contribution >= 4 is 34.1 Å². The molecular weight excluding hydrogens is 322 g/mol. The molecule has 3 rings (SSSR count). The van der Waals surface area contributed by atoms with Gasteiger partial charge in [-0.25, -0.2) is 4.98 Å². The van der Waals surface area contributed by atoms with Crippen LogP contribution >= 0.6 is 11.6 Å². The number of hydrogen-bond donors (Lipinski definition) is 2. The summed E-state index contributed by atoms with van der Waals surface area (Å²) in [5.74, 6) is -0.0773. The summed E-state index contributed by atoms with van der Waals surface area (Å²) in [5.41, 5.74) is 2.50. The Labute approximate surface area is 145 Å². The van der Waals surface area contributed by atoms with Gasteiger partial charge in [-0.2, -0.15) is 0 Å². The van der Waals surface area contributed by atoms with Crippen molar-refractivity contribution in [3.8, 4) is 0 Å². The lowest BCUT2D eigenvalue weighted by atomic mass is 10.1. The molecule has 3 aromatic rings. The lowest BCUT2D eigenvalue weighted by Crippen LogP contribution is -2.25. The quantitative estimate of drug-likeness (QED) is 0.524. The summed E-state index contributed by atoms with van der Waals surface area (Å²) < 4.78 is 0. The average molecular weight is 340 g/mol. The number of fused-ring (bicyclic) bond motifs is 1. The Morgan fingerprint density at radius 1 is 1.00 bits per heavy atom. The zero-order valence-corrected chi connectivity index (χ0v) is 13.9. The van der Waals surface area contributed by atoms with Crippen LogP contribution in [0.2, 0.25) is 5.15 Å². The summed E-state index contributed by atoms with van der Waals surface area (Å²) in [6, 6.07) is 19.0. The topological polar surface area (TPSA) is 54.0 Å². The van der Waals surface area contributed by atoms with Crippen molar-refractivity contribution in [3.05, 3.63) is 71.4 Å². The highest BCUT2D eigenvalue weighted by atomic mass is 35.5. The monoisotopic (exact) mass is 339 g/mol. The fourth-order valence-corrected chi connectivity index (χ4v) is 2.58. The molecule has 0 aliphatic heterocycles. The summed E-state index contributed by atoms with van der Waals surface area (Å²) in [7, 11) is 0. The first-order chi connectivity index (χ1) is 11.7. The molecule has 5 heteroatoms. The maximum absolute atomic E-state index is 12.2. The fourth-order valence-electron chi connectivity index (χ4n) is 2.42. The van der Waals surface area contributed by atoms with E-state index < -0.39 is 0 Å². The van der Waals surface area contributed by atoms with E-state index >= 15 is 0 Å². The number of nitrogens with zero attached hydrogens (tertiary/aromatic N) is 1. The maximum atomic E-state index is 12.2. The van der Waals surface area contributed by atoms with Crippen molar-refractivity contribution in [1.82, 2.24) is 10.3 Å². The van der Waals surface area contributed by atoms with Gasteiger partial charge in [0, 0.05) is 29.7 Å². The van der Waals surface area contributed by atoms with Crippen LogP contribution in [-0.2, 0) is 0 Å². The smallest absolute Gasteiger partial charge is 0.251 e. The Morgan fingerprint density at radius 2 is 1.83 bits per heavy atom. The maximum Gasteiger partial charge on any atom is 0.251 e. The molecule has 0 radical (unpaired) electrons. The molecule has 2 N–H and O–H groups in total. The van der Waals surface area contributed by atoms with Gasteiger partial charge in [0.25, 0.3) is 5.91 Å². The van der Waals surface area contributed by atoms with E-state index in [1.807, 2.05) is 48.5 Å². The molecule has 0 saturated carbocycles. The van der Waals surface area contributed by atoms with E-state index in [0.717, 1.165) is 29.6 Å². The third-order valence-electron chi connectivity index (χ3n) is 3.66. The largest absolute Gasteiger partial charge is 0.385 e. The second kappa shape index (κ2) is 7.79. The Balaban J connectivity index is 1.49. The van der Waals surface area contributed by atoms with Crippen LogP contribution in [0.5, 0.6) is 0 Å². The van der Waals surface area contributed by atoms with Crippen LogP contribution in [-0.4, -0.2) is 24.0 Å². The number of halogens is 1. The van der Waals surface area contributed by atoms with Gasteiger partial charge < -0.3 is 10.6 Å². The number of benzene rings is 2. The molecule has 0 aliphatic rings. The molecule has 0 spiro atoms. The van der Waals surface area contributed by atoms with Crippen molar-refractivity contribution in [3.63, 3.8) is 0 Å². The number of pyridine rings is 1. The van der Waals surface area contributed by atoms with Gasteiger partial charge in [-0.15, -0.1) is 0 Å². The Hall–Kier alpha value is -2.59. The van der Waals surface area contributed by atoms with Crippen LogP contribution in [0.15, 0.2) is 60.7 Å².